The molecule has 0 N–H and O–H groups in total. The van der Waals surface area contributed by atoms with Gasteiger partial charge in [0.05, 0.1) is 11.5 Å². The van der Waals surface area contributed by atoms with E-state index in [9.17, 15) is 19.7 Å². The van der Waals surface area contributed by atoms with Crippen LogP contribution in [0.4, 0.5) is 10.5 Å². The number of nitrogens with zero attached hydrogens (tertiary/aromatic N) is 1. The minimum atomic E-state index is -0.865. The van der Waals surface area contributed by atoms with E-state index in [1.54, 1.807) is 0 Å². The topological polar surface area (TPSA) is 105 Å². The van der Waals surface area contributed by atoms with Gasteiger partial charge in [-0.2, -0.15) is 0 Å². The van der Waals surface area contributed by atoms with Gasteiger partial charge in [0.25, 0.3) is 5.69 Å². The van der Waals surface area contributed by atoms with Crippen molar-refractivity contribution in [2.45, 2.75) is 52.1 Å². The molecule has 0 aromatic heterocycles. The second kappa shape index (κ2) is 13.8. The zero-order valence-electron chi connectivity index (χ0n) is 18.2. The number of carbonyl (C=O) groups excluding carboxylic acids is 2. The highest BCUT2D eigenvalue weighted by Crippen LogP contribution is 2.21. The average Bonchev–Trinajstić information content (AvgIpc) is 2.80. The van der Waals surface area contributed by atoms with E-state index in [1.807, 2.05) is 30.3 Å². The van der Waals surface area contributed by atoms with E-state index in [-0.39, 0.29) is 36.5 Å². The lowest BCUT2D eigenvalue weighted by Gasteiger charge is -2.16. The first-order valence-corrected chi connectivity index (χ1v) is 10.8. The minimum Gasteiger partial charge on any atom is -0.461 e. The van der Waals surface area contributed by atoms with Gasteiger partial charge in [-0.25, -0.2) is 4.79 Å². The number of non-ortho nitro benzene ring substituents is 1. The number of nitro benzene ring substituents is 1. The molecule has 0 fully saturated rings. The van der Waals surface area contributed by atoms with Crippen LogP contribution in [0.2, 0.25) is 0 Å². The predicted molar refractivity (Wildman–Crippen MR) is 118 cm³/mol. The number of esters is 1. The van der Waals surface area contributed by atoms with E-state index in [0.29, 0.717) is 19.3 Å². The van der Waals surface area contributed by atoms with Crippen LogP contribution in [-0.2, 0) is 20.9 Å². The molecule has 32 heavy (non-hydrogen) atoms. The third-order valence-electron chi connectivity index (χ3n) is 4.96. The summed E-state index contributed by atoms with van der Waals surface area (Å²) >= 11 is 0. The Morgan fingerprint density at radius 2 is 1.69 bits per heavy atom. The highest BCUT2D eigenvalue weighted by atomic mass is 16.7. The van der Waals surface area contributed by atoms with Crippen LogP contribution < -0.4 is 4.74 Å². The summed E-state index contributed by atoms with van der Waals surface area (Å²) in [6, 6.07) is 14.7. The number of carbonyl (C=O) groups is 2. The Balaban J connectivity index is 1.70. The summed E-state index contributed by atoms with van der Waals surface area (Å²) in [6.07, 6.45) is 3.72. The number of unbranched alkanes of at least 4 members (excludes halogenated alkanes) is 1. The van der Waals surface area contributed by atoms with Crippen molar-refractivity contribution in [3.63, 3.8) is 0 Å². The number of rotatable bonds is 13. The Bertz CT molecular complexity index is 852. The fourth-order valence-electron chi connectivity index (χ4n) is 3.13. The van der Waals surface area contributed by atoms with Crippen LogP contribution in [-0.4, -0.2) is 23.7 Å². The highest BCUT2D eigenvalue weighted by Gasteiger charge is 2.15. The summed E-state index contributed by atoms with van der Waals surface area (Å²) in [5.41, 5.74) is 0.857. The fourth-order valence-corrected chi connectivity index (χ4v) is 3.13. The van der Waals surface area contributed by atoms with E-state index in [4.69, 9.17) is 14.2 Å². The molecular formula is C24H29NO7. The Kier molecular flexibility index (Phi) is 10.7. The minimum absolute atomic E-state index is 0.0909. The molecule has 172 valence electrons. The molecule has 8 nitrogen and oxygen atoms in total. The standard InChI is InChI=1S/C24H29NO7/c1-2-3-7-19(10-15-23(26)31-18-20-8-5-4-6-9-20)16-17-30-24(27)32-22-13-11-21(12-14-22)25(28)29/h4-6,8-9,11-14,19H,2-3,7,10,15-18H2,1H3. The van der Waals surface area contributed by atoms with Crippen molar-refractivity contribution in [2.24, 2.45) is 5.92 Å². The van der Waals surface area contributed by atoms with Crippen LogP contribution in [0.15, 0.2) is 54.6 Å². The highest BCUT2D eigenvalue weighted by molar-refractivity contribution is 5.69. The van der Waals surface area contributed by atoms with Crippen LogP contribution in [0.3, 0.4) is 0 Å². The summed E-state index contributed by atoms with van der Waals surface area (Å²) in [6.45, 7) is 2.53. The van der Waals surface area contributed by atoms with Gasteiger partial charge in [-0.1, -0.05) is 56.5 Å². The van der Waals surface area contributed by atoms with E-state index in [0.717, 1.165) is 24.8 Å². The molecule has 0 aliphatic heterocycles. The Morgan fingerprint density at radius 3 is 2.34 bits per heavy atom. The molecule has 2 aromatic rings. The maximum atomic E-state index is 12.1. The molecule has 8 heteroatoms. The molecule has 0 aliphatic rings. The van der Waals surface area contributed by atoms with Crippen molar-refractivity contribution in [1.82, 2.24) is 0 Å². The van der Waals surface area contributed by atoms with Gasteiger partial charge in [0.2, 0.25) is 0 Å². The van der Waals surface area contributed by atoms with E-state index >= 15 is 0 Å². The summed E-state index contributed by atoms with van der Waals surface area (Å²) in [4.78, 5) is 34.1. The van der Waals surface area contributed by atoms with Gasteiger partial charge in [-0.05, 0) is 36.5 Å². The second-order valence-electron chi connectivity index (χ2n) is 7.43. The van der Waals surface area contributed by atoms with Crippen molar-refractivity contribution in [3.05, 3.63) is 70.3 Å². The zero-order valence-corrected chi connectivity index (χ0v) is 18.2. The maximum absolute atomic E-state index is 12.1. The van der Waals surface area contributed by atoms with Crippen molar-refractivity contribution in [3.8, 4) is 5.75 Å². The van der Waals surface area contributed by atoms with Crippen molar-refractivity contribution < 1.29 is 28.7 Å². The lowest BCUT2D eigenvalue weighted by molar-refractivity contribution is -0.384. The Morgan fingerprint density at radius 1 is 0.969 bits per heavy atom. The quantitative estimate of drug-likeness (QED) is 0.166. The summed E-state index contributed by atoms with van der Waals surface area (Å²) in [5, 5.41) is 10.7. The number of hydrogen-bond donors (Lipinski definition) is 0. The second-order valence-corrected chi connectivity index (χ2v) is 7.43. The summed E-state index contributed by atoms with van der Waals surface area (Å²) in [7, 11) is 0. The molecular weight excluding hydrogens is 414 g/mol. The lowest BCUT2D eigenvalue weighted by Crippen LogP contribution is -2.15. The summed E-state index contributed by atoms with van der Waals surface area (Å²) in [5.74, 6) is 0.157. The van der Waals surface area contributed by atoms with Gasteiger partial charge in [0.1, 0.15) is 12.4 Å². The third kappa shape index (κ3) is 9.59. The summed E-state index contributed by atoms with van der Waals surface area (Å²) < 4.78 is 15.5. The van der Waals surface area contributed by atoms with E-state index in [1.165, 1.54) is 24.3 Å². The molecule has 0 saturated carbocycles. The molecule has 0 spiro atoms. The van der Waals surface area contributed by atoms with Crippen LogP contribution >= 0.6 is 0 Å². The van der Waals surface area contributed by atoms with Crippen molar-refractivity contribution >= 4 is 17.8 Å². The van der Waals surface area contributed by atoms with E-state index < -0.39 is 11.1 Å². The number of benzene rings is 2. The molecule has 0 bridgehead atoms. The van der Waals surface area contributed by atoms with Crippen LogP contribution in [0.25, 0.3) is 0 Å². The molecule has 1 atom stereocenters. The largest absolute Gasteiger partial charge is 0.513 e. The first-order chi connectivity index (χ1) is 15.5. The van der Waals surface area contributed by atoms with Crippen LogP contribution in [0, 0.1) is 16.0 Å². The van der Waals surface area contributed by atoms with Crippen LogP contribution in [0.5, 0.6) is 5.75 Å². The SMILES string of the molecule is CCCCC(CCOC(=O)Oc1ccc([N+](=O)[O-])cc1)CCC(=O)OCc1ccccc1. The third-order valence-corrected chi connectivity index (χ3v) is 4.96. The predicted octanol–water partition coefficient (Wildman–Crippen LogP) is 5.83. The molecule has 2 rings (SSSR count). The molecule has 2 aromatic carbocycles. The Labute approximate surface area is 187 Å². The van der Waals surface area contributed by atoms with Crippen molar-refractivity contribution in [1.29, 1.82) is 0 Å². The number of nitro groups is 1. The fraction of sp³-hybridized carbons (Fsp3) is 0.417. The van der Waals surface area contributed by atoms with Gasteiger partial charge in [-0.3, -0.25) is 14.9 Å². The van der Waals surface area contributed by atoms with Gasteiger partial charge >= 0.3 is 12.1 Å². The number of hydrogen-bond acceptors (Lipinski definition) is 7. The zero-order chi connectivity index (χ0) is 23.2. The smallest absolute Gasteiger partial charge is 0.461 e. The first kappa shape index (κ1) is 24.8. The lowest BCUT2D eigenvalue weighted by atomic mass is 9.94. The van der Waals surface area contributed by atoms with Crippen molar-refractivity contribution in [2.75, 3.05) is 6.61 Å². The molecule has 0 heterocycles. The van der Waals surface area contributed by atoms with Gasteiger partial charge in [-0.15, -0.1) is 0 Å². The number of ether oxygens (including phenoxy) is 3. The molecule has 0 saturated heterocycles. The molecule has 1 unspecified atom stereocenters. The van der Waals surface area contributed by atoms with Gasteiger partial charge < -0.3 is 14.2 Å². The van der Waals surface area contributed by atoms with Gasteiger partial charge in [0.15, 0.2) is 0 Å². The first-order valence-electron chi connectivity index (χ1n) is 10.8. The average molecular weight is 443 g/mol. The monoisotopic (exact) mass is 443 g/mol. The van der Waals surface area contributed by atoms with Crippen LogP contribution in [0.1, 0.15) is 51.0 Å². The Hall–Kier alpha value is -3.42. The molecule has 0 aliphatic carbocycles. The molecule has 0 radical (unpaired) electrons. The van der Waals surface area contributed by atoms with E-state index in [2.05, 4.69) is 6.92 Å². The normalized spacial score (nSPS) is 11.4. The molecule has 0 amide bonds. The van der Waals surface area contributed by atoms with Gasteiger partial charge in [0, 0.05) is 18.6 Å². The maximum Gasteiger partial charge on any atom is 0.513 e.